The maximum absolute atomic E-state index is 4.47. The first kappa shape index (κ1) is 15.0. The second kappa shape index (κ2) is 6.88. The summed E-state index contributed by atoms with van der Waals surface area (Å²) in [6.07, 6.45) is 5.35. The first-order valence-electron chi connectivity index (χ1n) is 7.60. The minimum absolute atomic E-state index is 0.640. The number of nitrogens with one attached hydrogen (secondary N) is 1. The highest BCUT2D eigenvalue weighted by molar-refractivity contribution is 5.57. The van der Waals surface area contributed by atoms with Crippen LogP contribution in [0.25, 0.3) is 0 Å². The molecule has 5 nitrogen and oxygen atoms in total. The fraction of sp³-hybridized carbons (Fsp3) is 0.733. The maximum Gasteiger partial charge on any atom is 0.136 e. The van der Waals surface area contributed by atoms with Crippen LogP contribution in [0.2, 0.25) is 0 Å². The van der Waals surface area contributed by atoms with E-state index in [1.807, 2.05) is 0 Å². The zero-order valence-corrected chi connectivity index (χ0v) is 13.2. The van der Waals surface area contributed by atoms with Crippen molar-refractivity contribution in [2.24, 2.45) is 0 Å². The van der Waals surface area contributed by atoms with Gasteiger partial charge in [0.25, 0.3) is 0 Å². The standard InChI is InChI=1S/C15H27N5/c1-5-8-16-14-12(2)15(18-11-17-14)20(4)10-13-7-6-9-19(13)3/h11,13H,5-10H2,1-4H3,(H,16,17,18). The lowest BCUT2D eigenvalue weighted by molar-refractivity contribution is 0.314. The van der Waals surface area contributed by atoms with Gasteiger partial charge in [0.15, 0.2) is 0 Å². The Balaban J connectivity index is 2.07. The van der Waals surface area contributed by atoms with Crippen molar-refractivity contribution in [3.8, 4) is 0 Å². The van der Waals surface area contributed by atoms with E-state index in [-0.39, 0.29) is 0 Å². The van der Waals surface area contributed by atoms with Gasteiger partial charge in [-0.3, -0.25) is 0 Å². The van der Waals surface area contributed by atoms with Crippen LogP contribution in [0.3, 0.4) is 0 Å². The fourth-order valence-electron chi connectivity index (χ4n) is 2.86. The van der Waals surface area contributed by atoms with Crippen molar-refractivity contribution in [1.29, 1.82) is 0 Å². The zero-order chi connectivity index (χ0) is 14.5. The van der Waals surface area contributed by atoms with Crippen molar-refractivity contribution in [1.82, 2.24) is 14.9 Å². The molecule has 1 atom stereocenters. The van der Waals surface area contributed by atoms with Crippen molar-refractivity contribution in [2.75, 3.05) is 43.9 Å². The van der Waals surface area contributed by atoms with E-state index in [9.17, 15) is 0 Å². The van der Waals surface area contributed by atoms with Crippen molar-refractivity contribution >= 4 is 11.6 Å². The number of likely N-dealkylation sites (tertiary alicyclic amines) is 1. The van der Waals surface area contributed by atoms with E-state index in [1.54, 1.807) is 6.33 Å². The molecule has 112 valence electrons. The van der Waals surface area contributed by atoms with Crippen LogP contribution in [-0.4, -0.2) is 54.6 Å². The summed E-state index contributed by atoms with van der Waals surface area (Å²) in [6, 6.07) is 0.640. The Labute approximate surface area is 122 Å². The summed E-state index contributed by atoms with van der Waals surface area (Å²) in [5.74, 6) is 2.00. The highest BCUT2D eigenvalue weighted by atomic mass is 15.2. The minimum atomic E-state index is 0.640. The SMILES string of the molecule is CCCNc1ncnc(N(C)CC2CCCN2C)c1C. The molecule has 1 saturated heterocycles. The van der Waals surface area contributed by atoms with Crippen LogP contribution >= 0.6 is 0 Å². The molecule has 5 heteroatoms. The Morgan fingerprint density at radius 1 is 1.45 bits per heavy atom. The Hall–Kier alpha value is -1.36. The third-order valence-electron chi connectivity index (χ3n) is 4.12. The molecule has 2 heterocycles. The average molecular weight is 277 g/mol. The third kappa shape index (κ3) is 3.39. The maximum atomic E-state index is 4.47. The summed E-state index contributed by atoms with van der Waals surface area (Å²) in [5.41, 5.74) is 1.14. The number of likely N-dealkylation sites (N-methyl/N-ethyl adjacent to an activating group) is 2. The molecule has 0 bridgehead atoms. The highest BCUT2D eigenvalue weighted by Gasteiger charge is 2.23. The molecular weight excluding hydrogens is 250 g/mol. The summed E-state index contributed by atoms with van der Waals surface area (Å²) in [6.45, 7) is 7.45. The van der Waals surface area contributed by atoms with Gasteiger partial charge in [0.05, 0.1) is 0 Å². The molecular formula is C15H27N5. The van der Waals surface area contributed by atoms with E-state index < -0.39 is 0 Å². The third-order valence-corrected chi connectivity index (χ3v) is 4.12. The zero-order valence-electron chi connectivity index (χ0n) is 13.2. The molecule has 0 amide bonds. The molecule has 0 spiro atoms. The molecule has 0 radical (unpaired) electrons. The van der Waals surface area contributed by atoms with Gasteiger partial charge in [0.1, 0.15) is 18.0 Å². The summed E-state index contributed by atoms with van der Waals surface area (Å²) in [7, 11) is 4.34. The molecule has 1 aliphatic rings. The quantitative estimate of drug-likeness (QED) is 0.863. The highest BCUT2D eigenvalue weighted by Crippen LogP contribution is 2.23. The Morgan fingerprint density at radius 3 is 2.90 bits per heavy atom. The van der Waals surface area contributed by atoms with Gasteiger partial charge in [0.2, 0.25) is 0 Å². The van der Waals surface area contributed by atoms with Gasteiger partial charge >= 0.3 is 0 Å². The van der Waals surface area contributed by atoms with Crippen LogP contribution in [-0.2, 0) is 0 Å². The molecule has 1 unspecified atom stereocenters. The van der Waals surface area contributed by atoms with Crippen LogP contribution in [0.15, 0.2) is 6.33 Å². The normalized spacial score (nSPS) is 19.3. The second-order valence-corrected chi connectivity index (χ2v) is 5.75. The summed E-state index contributed by atoms with van der Waals surface area (Å²) in [5, 5.41) is 3.37. The molecule has 0 aliphatic carbocycles. The number of hydrogen-bond donors (Lipinski definition) is 1. The monoisotopic (exact) mass is 277 g/mol. The topological polar surface area (TPSA) is 44.3 Å². The lowest BCUT2D eigenvalue weighted by Crippen LogP contribution is -2.37. The summed E-state index contributed by atoms with van der Waals surface area (Å²) >= 11 is 0. The van der Waals surface area contributed by atoms with Gasteiger partial charge < -0.3 is 15.1 Å². The summed E-state index contributed by atoms with van der Waals surface area (Å²) in [4.78, 5) is 13.5. The van der Waals surface area contributed by atoms with Crippen LogP contribution in [0.1, 0.15) is 31.7 Å². The van der Waals surface area contributed by atoms with E-state index >= 15 is 0 Å². The lowest BCUT2D eigenvalue weighted by Gasteiger charge is -2.27. The van der Waals surface area contributed by atoms with Gasteiger partial charge in [0, 0.05) is 31.7 Å². The lowest BCUT2D eigenvalue weighted by atomic mass is 10.2. The van der Waals surface area contributed by atoms with Crippen LogP contribution in [0.5, 0.6) is 0 Å². The molecule has 0 aromatic carbocycles. The summed E-state index contributed by atoms with van der Waals surface area (Å²) < 4.78 is 0. The molecule has 2 rings (SSSR count). The van der Waals surface area contributed by atoms with Crippen LogP contribution in [0, 0.1) is 6.92 Å². The second-order valence-electron chi connectivity index (χ2n) is 5.75. The minimum Gasteiger partial charge on any atom is -0.370 e. The van der Waals surface area contributed by atoms with Crippen molar-refractivity contribution in [2.45, 2.75) is 39.2 Å². The molecule has 0 saturated carbocycles. The van der Waals surface area contributed by atoms with Gasteiger partial charge in [-0.1, -0.05) is 6.92 Å². The van der Waals surface area contributed by atoms with Gasteiger partial charge in [-0.05, 0) is 39.8 Å². The van der Waals surface area contributed by atoms with Gasteiger partial charge in [-0.2, -0.15) is 0 Å². The number of aromatic nitrogens is 2. The Kier molecular flexibility index (Phi) is 5.17. The van der Waals surface area contributed by atoms with E-state index in [1.165, 1.54) is 19.4 Å². The van der Waals surface area contributed by atoms with Gasteiger partial charge in [-0.15, -0.1) is 0 Å². The fourth-order valence-corrected chi connectivity index (χ4v) is 2.86. The van der Waals surface area contributed by atoms with Crippen LogP contribution in [0.4, 0.5) is 11.6 Å². The average Bonchev–Trinajstić information content (AvgIpc) is 2.83. The predicted molar refractivity (Wildman–Crippen MR) is 84.5 cm³/mol. The van der Waals surface area contributed by atoms with E-state index in [2.05, 4.69) is 53.0 Å². The number of anilines is 2. The van der Waals surface area contributed by atoms with E-state index in [4.69, 9.17) is 0 Å². The van der Waals surface area contributed by atoms with E-state index in [0.717, 1.165) is 36.7 Å². The first-order chi connectivity index (χ1) is 9.63. The molecule has 1 N–H and O–H groups in total. The van der Waals surface area contributed by atoms with Crippen molar-refractivity contribution in [3.05, 3.63) is 11.9 Å². The smallest absolute Gasteiger partial charge is 0.136 e. The van der Waals surface area contributed by atoms with E-state index in [0.29, 0.717) is 6.04 Å². The molecule has 1 fully saturated rings. The van der Waals surface area contributed by atoms with Gasteiger partial charge in [-0.25, -0.2) is 9.97 Å². The largest absolute Gasteiger partial charge is 0.370 e. The van der Waals surface area contributed by atoms with Crippen molar-refractivity contribution < 1.29 is 0 Å². The number of nitrogens with zero attached hydrogens (tertiary/aromatic N) is 4. The first-order valence-corrected chi connectivity index (χ1v) is 7.60. The predicted octanol–water partition coefficient (Wildman–Crippen LogP) is 2.14. The van der Waals surface area contributed by atoms with Crippen molar-refractivity contribution in [3.63, 3.8) is 0 Å². The number of hydrogen-bond acceptors (Lipinski definition) is 5. The molecule has 1 aromatic heterocycles. The Bertz CT molecular complexity index is 434. The molecule has 1 aromatic rings. The molecule has 20 heavy (non-hydrogen) atoms. The number of rotatable bonds is 6. The van der Waals surface area contributed by atoms with Crippen LogP contribution < -0.4 is 10.2 Å². The Morgan fingerprint density at radius 2 is 2.25 bits per heavy atom. The molecule has 1 aliphatic heterocycles.